The van der Waals surface area contributed by atoms with Crippen LogP contribution in [0.1, 0.15) is 27.6 Å². The molecule has 0 bridgehead atoms. The minimum Gasteiger partial charge on any atom is -0.489 e. The molecule has 1 atom stereocenters. The molecule has 1 aliphatic rings. The number of benzene rings is 3. The number of carbonyl (C=O) groups excluding carboxylic acids is 1. The zero-order chi connectivity index (χ0) is 20.9. The summed E-state index contributed by atoms with van der Waals surface area (Å²) in [7, 11) is 0. The van der Waals surface area contributed by atoms with Crippen LogP contribution in [-0.2, 0) is 6.61 Å². The van der Waals surface area contributed by atoms with Gasteiger partial charge in [-0.15, -0.1) is 11.8 Å². The summed E-state index contributed by atoms with van der Waals surface area (Å²) in [6, 6.07) is 24.1. The van der Waals surface area contributed by atoms with Crippen LogP contribution in [0.25, 0.3) is 0 Å². The molecule has 154 valence electrons. The van der Waals surface area contributed by atoms with E-state index < -0.39 is 0 Å². The average Bonchev–Trinajstić information content (AvgIpc) is 3.27. The second-order valence-electron chi connectivity index (χ2n) is 7.44. The number of rotatable bonds is 5. The van der Waals surface area contributed by atoms with Gasteiger partial charge in [-0.3, -0.25) is 0 Å². The quantitative estimate of drug-likeness (QED) is 0.539. The van der Waals surface area contributed by atoms with Crippen molar-refractivity contribution in [1.29, 1.82) is 0 Å². The third-order valence-electron chi connectivity index (χ3n) is 5.41. The second-order valence-corrected chi connectivity index (χ2v) is 8.63. The molecule has 0 aromatic heterocycles. The highest BCUT2D eigenvalue weighted by Crippen LogP contribution is 2.39. The van der Waals surface area contributed by atoms with Crippen LogP contribution in [0.5, 0.6) is 5.75 Å². The summed E-state index contributed by atoms with van der Waals surface area (Å²) in [5.74, 6) is 1.76. The van der Waals surface area contributed by atoms with Gasteiger partial charge >= 0.3 is 6.03 Å². The molecule has 3 aromatic rings. The van der Waals surface area contributed by atoms with Gasteiger partial charge in [0.25, 0.3) is 0 Å². The molecule has 30 heavy (non-hydrogen) atoms. The van der Waals surface area contributed by atoms with E-state index in [0.29, 0.717) is 6.61 Å². The van der Waals surface area contributed by atoms with Crippen molar-refractivity contribution in [1.82, 2.24) is 4.90 Å². The van der Waals surface area contributed by atoms with Gasteiger partial charge in [-0.05, 0) is 54.3 Å². The van der Waals surface area contributed by atoms with Crippen molar-refractivity contribution in [3.05, 3.63) is 95.1 Å². The molecule has 1 fully saturated rings. The molecule has 1 N–H and O–H groups in total. The van der Waals surface area contributed by atoms with Gasteiger partial charge in [0.1, 0.15) is 17.7 Å². The lowest BCUT2D eigenvalue weighted by atomic mass is 10.1. The van der Waals surface area contributed by atoms with E-state index >= 15 is 0 Å². The lowest BCUT2D eigenvalue weighted by molar-refractivity contribution is 0.214. The molecule has 0 aliphatic carbocycles. The van der Waals surface area contributed by atoms with Crippen LogP contribution in [0.2, 0.25) is 0 Å². The van der Waals surface area contributed by atoms with E-state index in [0.717, 1.165) is 40.4 Å². The Bertz CT molecular complexity index is 1010. The molecular formula is C25H26N2O2S. The molecule has 5 heteroatoms. The largest absolute Gasteiger partial charge is 0.489 e. The summed E-state index contributed by atoms with van der Waals surface area (Å²) in [6.45, 7) is 5.37. The molecule has 0 spiro atoms. The number of nitrogens with zero attached hydrogens (tertiary/aromatic N) is 1. The molecule has 1 saturated heterocycles. The molecule has 3 aromatic carbocycles. The molecular weight excluding hydrogens is 392 g/mol. The fraction of sp³-hybridized carbons (Fsp3) is 0.240. The highest BCUT2D eigenvalue weighted by molar-refractivity contribution is 7.99. The number of anilines is 1. The fourth-order valence-corrected chi connectivity index (χ4v) is 4.75. The van der Waals surface area contributed by atoms with E-state index in [9.17, 15) is 4.79 Å². The Labute approximate surface area is 182 Å². The van der Waals surface area contributed by atoms with Crippen LogP contribution in [0.4, 0.5) is 10.5 Å². The first-order valence-electron chi connectivity index (χ1n) is 10.1. The summed E-state index contributed by atoms with van der Waals surface area (Å²) >= 11 is 1.79. The van der Waals surface area contributed by atoms with Gasteiger partial charge in [0.05, 0.1) is 0 Å². The van der Waals surface area contributed by atoms with E-state index in [1.54, 1.807) is 11.8 Å². The van der Waals surface area contributed by atoms with Crippen molar-refractivity contribution in [2.45, 2.75) is 25.8 Å². The van der Waals surface area contributed by atoms with Gasteiger partial charge in [-0.1, -0.05) is 54.6 Å². The minimum absolute atomic E-state index is 0.0123. The van der Waals surface area contributed by atoms with Crippen LogP contribution >= 0.6 is 11.8 Å². The Kier molecular flexibility index (Phi) is 6.29. The maximum atomic E-state index is 13.0. The van der Waals surface area contributed by atoms with Crippen molar-refractivity contribution in [2.75, 3.05) is 17.6 Å². The van der Waals surface area contributed by atoms with Crippen molar-refractivity contribution in [3.8, 4) is 5.75 Å². The Morgan fingerprint density at radius 2 is 1.80 bits per heavy atom. The molecule has 2 amide bonds. The Hall–Kier alpha value is -2.92. The monoisotopic (exact) mass is 418 g/mol. The van der Waals surface area contributed by atoms with Gasteiger partial charge in [-0.2, -0.15) is 0 Å². The summed E-state index contributed by atoms with van der Waals surface area (Å²) in [6.07, 6.45) is 0. The van der Waals surface area contributed by atoms with E-state index in [-0.39, 0.29) is 11.4 Å². The number of amides is 2. The second kappa shape index (κ2) is 9.26. The highest BCUT2D eigenvalue weighted by Gasteiger charge is 2.31. The summed E-state index contributed by atoms with van der Waals surface area (Å²) in [4.78, 5) is 14.9. The molecule has 4 rings (SSSR count). The Morgan fingerprint density at radius 3 is 2.57 bits per heavy atom. The smallest absolute Gasteiger partial charge is 0.323 e. The van der Waals surface area contributed by atoms with Crippen LogP contribution in [0.15, 0.2) is 72.8 Å². The van der Waals surface area contributed by atoms with E-state index in [4.69, 9.17) is 4.74 Å². The van der Waals surface area contributed by atoms with E-state index in [1.807, 2.05) is 54.3 Å². The van der Waals surface area contributed by atoms with Crippen molar-refractivity contribution < 1.29 is 9.53 Å². The number of thioether (sulfide) groups is 1. The van der Waals surface area contributed by atoms with Gasteiger partial charge < -0.3 is 15.0 Å². The molecule has 0 radical (unpaired) electrons. The molecule has 0 unspecified atom stereocenters. The first-order chi connectivity index (χ1) is 14.6. The van der Waals surface area contributed by atoms with Crippen LogP contribution in [0.3, 0.4) is 0 Å². The zero-order valence-corrected chi connectivity index (χ0v) is 18.1. The average molecular weight is 419 g/mol. The fourth-order valence-electron chi connectivity index (χ4n) is 3.50. The Balaban J connectivity index is 1.41. The predicted molar refractivity (Wildman–Crippen MR) is 124 cm³/mol. The highest BCUT2D eigenvalue weighted by atomic mass is 32.2. The van der Waals surface area contributed by atoms with Crippen LogP contribution in [0, 0.1) is 13.8 Å². The number of urea groups is 1. The topological polar surface area (TPSA) is 41.6 Å². The number of aryl methyl sites for hydroxylation is 1. The molecule has 4 nitrogen and oxygen atoms in total. The summed E-state index contributed by atoms with van der Waals surface area (Å²) < 4.78 is 5.89. The van der Waals surface area contributed by atoms with Crippen molar-refractivity contribution in [2.24, 2.45) is 0 Å². The SMILES string of the molecule is Cc1cccc(NC(=O)N2CCS[C@@H]2c2ccc(OCc3ccccc3)cc2)c1C. The maximum Gasteiger partial charge on any atom is 0.323 e. The number of nitrogens with one attached hydrogen (secondary N) is 1. The normalized spacial score (nSPS) is 15.8. The minimum atomic E-state index is -0.0527. The van der Waals surface area contributed by atoms with Gasteiger partial charge in [0.2, 0.25) is 0 Å². The maximum absolute atomic E-state index is 13.0. The lowest BCUT2D eigenvalue weighted by Gasteiger charge is -2.25. The first kappa shape index (κ1) is 20.4. The standard InChI is InChI=1S/C25H26N2O2S/c1-18-7-6-10-23(19(18)2)26-25(28)27-15-16-30-24(27)21-11-13-22(14-12-21)29-17-20-8-4-3-5-9-20/h3-14,24H,15-17H2,1-2H3,(H,26,28)/t24-/m1/s1. The van der Waals surface area contributed by atoms with E-state index in [2.05, 4.69) is 42.6 Å². The number of hydrogen-bond donors (Lipinski definition) is 1. The van der Waals surface area contributed by atoms with Gasteiger partial charge in [-0.25, -0.2) is 4.79 Å². The lowest BCUT2D eigenvalue weighted by Crippen LogP contribution is -2.34. The molecule has 1 aliphatic heterocycles. The number of carbonyl (C=O) groups is 1. The van der Waals surface area contributed by atoms with Crippen molar-refractivity contribution >= 4 is 23.5 Å². The van der Waals surface area contributed by atoms with E-state index in [1.165, 1.54) is 5.56 Å². The first-order valence-corrected chi connectivity index (χ1v) is 11.2. The molecule has 1 heterocycles. The predicted octanol–water partition coefficient (Wildman–Crippen LogP) is 6.16. The third-order valence-corrected chi connectivity index (χ3v) is 6.67. The number of hydrogen-bond acceptors (Lipinski definition) is 3. The van der Waals surface area contributed by atoms with Crippen LogP contribution in [-0.4, -0.2) is 23.2 Å². The Morgan fingerprint density at radius 1 is 1.03 bits per heavy atom. The van der Waals surface area contributed by atoms with Crippen LogP contribution < -0.4 is 10.1 Å². The molecule has 0 saturated carbocycles. The summed E-state index contributed by atoms with van der Waals surface area (Å²) in [5.41, 5.74) is 5.41. The zero-order valence-electron chi connectivity index (χ0n) is 17.3. The summed E-state index contributed by atoms with van der Waals surface area (Å²) in [5, 5.41) is 3.10. The van der Waals surface area contributed by atoms with Gasteiger partial charge in [0.15, 0.2) is 0 Å². The third kappa shape index (κ3) is 4.62. The van der Waals surface area contributed by atoms with Crippen molar-refractivity contribution in [3.63, 3.8) is 0 Å². The van der Waals surface area contributed by atoms with Gasteiger partial charge in [0, 0.05) is 18.0 Å². The number of ether oxygens (including phenoxy) is 1.